The van der Waals surface area contributed by atoms with Crippen molar-refractivity contribution in [1.82, 2.24) is 5.32 Å². The summed E-state index contributed by atoms with van der Waals surface area (Å²) >= 11 is 0. The zero-order valence-electron chi connectivity index (χ0n) is 16.0. The van der Waals surface area contributed by atoms with Crippen LogP contribution in [0.25, 0.3) is 0 Å². The third-order valence-electron chi connectivity index (χ3n) is 3.48. The quantitative estimate of drug-likeness (QED) is 0.333. The maximum atomic E-state index is 11.8. The Labute approximate surface area is 161 Å². The van der Waals surface area contributed by atoms with Gasteiger partial charge in [0.1, 0.15) is 18.8 Å². The molecule has 11 heteroatoms. The molecule has 156 valence electrons. The maximum absolute atomic E-state index is 11.8. The molecule has 0 unspecified atom stereocenters. The van der Waals surface area contributed by atoms with E-state index in [1.807, 2.05) is 0 Å². The Balaban J connectivity index is 3.33. The van der Waals surface area contributed by atoms with Gasteiger partial charge in [0.25, 0.3) is 0 Å². The molecule has 0 aromatic heterocycles. The second-order valence-electron chi connectivity index (χ2n) is 5.84. The monoisotopic (exact) mass is 401 g/mol. The molecule has 1 N–H and O–H groups in total. The third-order valence-corrected chi connectivity index (χ3v) is 3.48. The van der Waals surface area contributed by atoms with E-state index in [-0.39, 0.29) is 6.61 Å². The lowest BCUT2D eigenvalue weighted by molar-refractivity contribution is -0.270. The number of rotatable bonds is 7. The Morgan fingerprint density at radius 2 is 1.43 bits per heavy atom. The van der Waals surface area contributed by atoms with E-state index in [2.05, 4.69) is 11.9 Å². The number of nitrogens with one attached hydrogen (secondary N) is 1. The Morgan fingerprint density at radius 3 is 1.89 bits per heavy atom. The Morgan fingerprint density at radius 1 is 0.893 bits per heavy atom. The van der Waals surface area contributed by atoms with Crippen molar-refractivity contribution in [2.45, 2.75) is 58.3 Å². The van der Waals surface area contributed by atoms with Gasteiger partial charge in [0.15, 0.2) is 12.2 Å². The van der Waals surface area contributed by atoms with E-state index >= 15 is 0 Å². The highest BCUT2D eigenvalue weighted by Gasteiger charge is 2.52. The molecule has 28 heavy (non-hydrogen) atoms. The summed E-state index contributed by atoms with van der Waals surface area (Å²) in [5.41, 5.74) is 0. The predicted octanol–water partition coefficient (Wildman–Crippen LogP) is -0.628. The van der Waals surface area contributed by atoms with E-state index in [0.29, 0.717) is 0 Å². The zero-order chi connectivity index (χ0) is 21.4. The van der Waals surface area contributed by atoms with Gasteiger partial charge in [0.2, 0.25) is 12.2 Å². The van der Waals surface area contributed by atoms with Crippen molar-refractivity contribution < 1.29 is 47.7 Å². The van der Waals surface area contributed by atoms with Gasteiger partial charge in [-0.1, -0.05) is 6.58 Å². The minimum atomic E-state index is -1.42. The smallest absolute Gasteiger partial charge is 0.305 e. The van der Waals surface area contributed by atoms with Crippen molar-refractivity contribution in [3.8, 4) is 0 Å². The molecular formula is C17H23NO10. The average molecular weight is 401 g/mol. The van der Waals surface area contributed by atoms with Gasteiger partial charge in [0.05, 0.1) is 0 Å². The van der Waals surface area contributed by atoms with Crippen LogP contribution in [0.15, 0.2) is 12.7 Å². The third kappa shape index (κ3) is 6.99. The molecule has 0 saturated carbocycles. The lowest BCUT2D eigenvalue weighted by Crippen LogP contribution is -2.66. The van der Waals surface area contributed by atoms with Crippen LogP contribution in [-0.4, -0.2) is 67.0 Å². The van der Waals surface area contributed by atoms with Gasteiger partial charge in [-0.3, -0.25) is 24.0 Å². The maximum Gasteiger partial charge on any atom is 0.305 e. The molecule has 1 saturated heterocycles. The van der Waals surface area contributed by atoms with E-state index in [9.17, 15) is 24.0 Å². The summed E-state index contributed by atoms with van der Waals surface area (Å²) in [5, 5.41) is 2.43. The molecule has 1 fully saturated rings. The van der Waals surface area contributed by atoms with Crippen molar-refractivity contribution in [2.75, 3.05) is 6.61 Å². The summed E-state index contributed by atoms with van der Waals surface area (Å²) in [5.74, 6) is -3.56. The number of hydrogen-bond acceptors (Lipinski definition) is 10. The molecule has 1 amide bonds. The molecule has 0 aliphatic carbocycles. The SMILES string of the molecule is C=CC(=O)N[C@H]1[C@H](OC(C)=O)O[C@H](COC(C)=O)[C@@H](OC(C)=O)[C@@H]1OC(C)=O. The molecule has 5 atom stereocenters. The molecule has 1 heterocycles. The van der Waals surface area contributed by atoms with Crippen molar-refractivity contribution in [1.29, 1.82) is 0 Å². The fourth-order valence-electron chi connectivity index (χ4n) is 2.54. The van der Waals surface area contributed by atoms with E-state index in [0.717, 1.165) is 33.8 Å². The van der Waals surface area contributed by atoms with Crippen LogP contribution in [0, 0.1) is 0 Å². The second kappa shape index (κ2) is 10.4. The first-order valence-electron chi connectivity index (χ1n) is 8.28. The first kappa shape index (κ1) is 23.1. The molecule has 0 radical (unpaired) electrons. The van der Waals surface area contributed by atoms with Crippen LogP contribution < -0.4 is 5.32 Å². The van der Waals surface area contributed by atoms with Crippen LogP contribution >= 0.6 is 0 Å². The highest BCUT2D eigenvalue weighted by Crippen LogP contribution is 2.28. The van der Waals surface area contributed by atoms with E-state index in [4.69, 9.17) is 23.7 Å². The number of ether oxygens (including phenoxy) is 5. The first-order valence-corrected chi connectivity index (χ1v) is 8.28. The largest absolute Gasteiger partial charge is 0.463 e. The van der Waals surface area contributed by atoms with Crippen LogP contribution in [0.1, 0.15) is 27.7 Å². The van der Waals surface area contributed by atoms with Crippen LogP contribution in [-0.2, 0) is 47.7 Å². The van der Waals surface area contributed by atoms with Crippen LogP contribution in [0.2, 0.25) is 0 Å². The number of amides is 1. The van der Waals surface area contributed by atoms with Crippen LogP contribution in [0.5, 0.6) is 0 Å². The summed E-state index contributed by atoms with van der Waals surface area (Å²) in [6.45, 7) is 7.42. The molecule has 1 aliphatic rings. The molecule has 0 aromatic rings. The lowest BCUT2D eigenvalue weighted by Gasteiger charge is -2.44. The molecule has 1 rings (SSSR count). The summed E-state index contributed by atoms with van der Waals surface area (Å²) in [4.78, 5) is 57.6. The van der Waals surface area contributed by atoms with Gasteiger partial charge in [-0.2, -0.15) is 0 Å². The topological polar surface area (TPSA) is 144 Å². The normalized spacial score (nSPS) is 26.4. The predicted molar refractivity (Wildman–Crippen MR) is 90.3 cm³/mol. The molecule has 0 aromatic carbocycles. The minimum absolute atomic E-state index is 0.384. The van der Waals surface area contributed by atoms with Gasteiger partial charge in [0, 0.05) is 27.7 Å². The van der Waals surface area contributed by atoms with Crippen LogP contribution in [0.4, 0.5) is 0 Å². The average Bonchev–Trinajstić information content (AvgIpc) is 2.56. The van der Waals surface area contributed by atoms with E-state index in [1.54, 1.807) is 0 Å². The number of carbonyl (C=O) groups excluding carboxylic acids is 5. The lowest BCUT2D eigenvalue weighted by atomic mass is 9.96. The van der Waals surface area contributed by atoms with Gasteiger partial charge in [-0.05, 0) is 6.08 Å². The molecule has 0 spiro atoms. The number of hydrogen-bond donors (Lipinski definition) is 1. The van der Waals surface area contributed by atoms with Gasteiger partial charge in [-0.15, -0.1) is 0 Å². The molecule has 1 aliphatic heterocycles. The number of esters is 4. The van der Waals surface area contributed by atoms with Gasteiger partial charge < -0.3 is 29.0 Å². The Hall–Kier alpha value is -2.95. The Bertz CT molecular complexity index is 646. The van der Waals surface area contributed by atoms with Crippen molar-refractivity contribution >= 4 is 29.8 Å². The van der Waals surface area contributed by atoms with Crippen molar-refractivity contribution in [3.63, 3.8) is 0 Å². The van der Waals surface area contributed by atoms with E-state index < -0.39 is 60.4 Å². The summed E-state index contributed by atoms with van der Waals surface area (Å²) in [6.07, 6.45) is -4.18. The van der Waals surface area contributed by atoms with Gasteiger partial charge >= 0.3 is 23.9 Å². The standard InChI is InChI=1S/C17H23NO10/c1-6-13(23)18-14-16(26-10(4)21)15(25-9(3)20)12(7-24-8(2)19)28-17(14)27-11(5)22/h6,12,14-17H,1,7H2,2-5H3,(H,18,23)/t12-,14-,15-,16-,17-/m1/s1. The Kier molecular flexibility index (Phi) is 8.58. The van der Waals surface area contributed by atoms with Gasteiger partial charge in [-0.25, -0.2) is 0 Å². The zero-order valence-corrected chi connectivity index (χ0v) is 16.0. The molecule has 0 bridgehead atoms. The minimum Gasteiger partial charge on any atom is -0.463 e. The summed E-state index contributed by atoms with van der Waals surface area (Å²) in [7, 11) is 0. The number of carbonyl (C=O) groups is 5. The second-order valence-corrected chi connectivity index (χ2v) is 5.84. The molecule has 11 nitrogen and oxygen atoms in total. The summed E-state index contributed by atoms with van der Waals surface area (Å²) < 4.78 is 26.0. The van der Waals surface area contributed by atoms with E-state index in [1.165, 1.54) is 0 Å². The van der Waals surface area contributed by atoms with Crippen LogP contribution in [0.3, 0.4) is 0 Å². The van der Waals surface area contributed by atoms with Crippen molar-refractivity contribution in [2.24, 2.45) is 0 Å². The fourth-order valence-corrected chi connectivity index (χ4v) is 2.54. The first-order chi connectivity index (χ1) is 13.0. The highest BCUT2D eigenvalue weighted by atomic mass is 16.7. The molecular weight excluding hydrogens is 378 g/mol. The fraction of sp³-hybridized carbons (Fsp3) is 0.588. The highest BCUT2D eigenvalue weighted by molar-refractivity contribution is 5.87. The van der Waals surface area contributed by atoms with Crippen molar-refractivity contribution in [3.05, 3.63) is 12.7 Å². The summed E-state index contributed by atoms with van der Waals surface area (Å²) in [6, 6.07) is -1.23.